The number of amides is 1. The number of methoxy groups -OCH3 is 3. The maximum atomic E-state index is 13.6. The van der Waals surface area contributed by atoms with Gasteiger partial charge in [0.2, 0.25) is 5.95 Å². The van der Waals surface area contributed by atoms with Crippen molar-refractivity contribution in [3.63, 3.8) is 0 Å². The van der Waals surface area contributed by atoms with Gasteiger partial charge in [0.25, 0.3) is 5.91 Å². The molecule has 0 fully saturated rings. The molecule has 1 aromatic heterocycles. The Balaban J connectivity index is 1.87. The van der Waals surface area contributed by atoms with Gasteiger partial charge in [0, 0.05) is 23.0 Å². The molecule has 4 rings (SSSR count). The fourth-order valence-corrected chi connectivity index (χ4v) is 3.84. The lowest BCUT2D eigenvalue weighted by atomic mass is 9.93. The number of ether oxygens (including phenoxy) is 3. The number of nitrogens with zero attached hydrogens (tertiary/aromatic N) is 3. The van der Waals surface area contributed by atoms with Crippen LogP contribution < -0.4 is 24.8 Å². The van der Waals surface area contributed by atoms with Gasteiger partial charge < -0.3 is 24.8 Å². The van der Waals surface area contributed by atoms with E-state index in [1.165, 1.54) is 6.33 Å². The number of aryl methyl sites for hydroxylation is 1. The van der Waals surface area contributed by atoms with Crippen molar-refractivity contribution in [2.75, 3.05) is 32.0 Å². The van der Waals surface area contributed by atoms with Crippen molar-refractivity contribution < 1.29 is 19.0 Å². The predicted molar refractivity (Wildman–Crippen MR) is 120 cm³/mol. The number of carbonyl (C=O) groups excluding carboxylic acids is 1. The molecule has 0 saturated heterocycles. The summed E-state index contributed by atoms with van der Waals surface area (Å²) in [5.74, 6) is 1.83. The van der Waals surface area contributed by atoms with Crippen LogP contribution in [0.15, 0.2) is 54.0 Å². The lowest BCUT2D eigenvalue weighted by Gasteiger charge is -2.30. The molecule has 1 aliphatic heterocycles. The minimum Gasteiger partial charge on any atom is -0.496 e. The van der Waals surface area contributed by atoms with Crippen LogP contribution in [0, 0.1) is 6.92 Å². The average Bonchev–Trinajstić information content (AvgIpc) is 3.26. The molecule has 0 saturated carbocycles. The highest BCUT2D eigenvalue weighted by atomic mass is 16.5. The number of fused-ring (bicyclic) bond motifs is 1. The molecule has 32 heavy (non-hydrogen) atoms. The normalized spacial score (nSPS) is 15.0. The summed E-state index contributed by atoms with van der Waals surface area (Å²) < 4.78 is 18.2. The molecule has 2 N–H and O–H groups in total. The first-order chi connectivity index (χ1) is 15.5. The zero-order valence-electron chi connectivity index (χ0n) is 18.6. The molecule has 2 aromatic carbocycles. The summed E-state index contributed by atoms with van der Waals surface area (Å²) in [6.07, 6.45) is 1.44. The van der Waals surface area contributed by atoms with Crippen molar-refractivity contribution >= 4 is 17.5 Å². The molecule has 0 spiro atoms. The van der Waals surface area contributed by atoms with Crippen molar-refractivity contribution in [1.29, 1.82) is 0 Å². The van der Waals surface area contributed by atoms with Gasteiger partial charge in [-0.25, -0.2) is 4.68 Å². The Hall–Kier alpha value is -4.01. The average molecular weight is 435 g/mol. The lowest BCUT2D eigenvalue weighted by molar-refractivity contribution is -0.113. The zero-order valence-corrected chi connectivity index (χ0v) is 18.6. The van der Waals surface area contributed by atoms with Gasteiger partial charge in [0.1, 0.15) is 18.1 Å². The number of anilines is 2. The summed E-state index contributed by atoms with van der Waals surface area (Å²) in [4.78, 5) is 17.8. The van der Waals surface area contributed by atoms with Crippen molar-refractivity contribution in [3.05, 3.63) is 65.1 Å². The van der Waals surface area contributed by atoms with Crippen LogP contribution in [0.3, 0.4) is 0 Å². The third kappa shape index (κ3) is 3.62. The molecular weight excluding hydrogens is 410 g/mol. The summed E-state index contributed by atoms with van der Waals surface area (Å²) >= 11 is 0. The third-order valence-electron chi connectivity index (χ3n) is 5.46. The molecule has 9 nitrogen and oxygen atoms in total. The van der Waals surface area contributed by atoms with Gasteiger partial charge >= 0.3 is 0 Å². The van der Waals surface area contributed by atoms with Gasteiger partial charge in [-0.05, 0) is 31.5 Å². The van der Waals surface area contributed by atoms with E-state index in [9.17, 15) is 4.79 Å². The van der Waals surface area contributed by atoms with Crippen LogP contribution in [0.1, 0.15) is 24.1 Å². The van der Waals surface area contributed by atoms with E-state index in [-0.39, 0.29) is 5.91 Å². The van der Waals surface area contributed by atoms with Gasteiger partial charge in [0.05, 0.1) is 26.9 Å². The first-order valence-electron chi connectivity index (χ1n) is 10.0. The summed E-state index contributed by atoms with van der Waals surface area (Å²) in [5, 5.41) is 10.6. The Bertz CT molecular complexity index is 1200. The molecule has 0 unspecified atom stereocenters. The Kier molecular flexibility index (Phi) is 5.72. The highest BCUT2D eigenvalue weighted by molar-refractivity contribution is 6.06. The largest absolute Gasteiger partial charge is 0.496 e. The number of carbonyl (C=O) groups is 1. The predicted octanol–water partition coefficient (Wildman–Crippen LogP) is 3.54. The standard InChI is InChI=1S/C23H25N5O4/c1-13-8-6-7-9-16(13)27-22(29)20-14(2)26-23-24-12-25-28(23)21(20)15-10-18(31-4)19(32-5)11-17(15)30-3/h6-12,21H,1-5H3,(H,27,29)(H,24,25,26)/t21-/m0/s1. The minimum absolute atomic E-state index is 0.257. The van der Waals surface area contributed by atoms with Crippen LogP contribution in [0.2, 0.25) is 0 Å². The Morgan fingerprint density at radius 1 is 1.03 bits per heavy atom. The van der Waals surface area contributed by atoms with E-state index in [1.807, 2.05) is 38.1 Å². The molecule has 1 amide bonds. The Morgan fingerprint density at radius 2 is 1.72 bits per heavy atom. The number of allylic oxidation sites excluding steroid dienone is 1. The van der Waals surface area contributed by atoms with Crippen molar-refractivity contribution in [2.24, 2.45) is 0 Å². The highest BCUT2D eigenvalue weighted by Gasteiger charge is 2.36. The molecule has 9 heteroatoms. The van der Waals surface area contributed by atoms with Gasteiger partial charge in [0.15, 0.2) is 11.5 Å². The Labute approximate surface area is 186 Å². The molecule has 1 aliphatic rings. The maximum absolute atomic E-state index is 13.6. The SMILES string of the molecule is COc1cc(OC)c([C@H]2C(C(=O)Nc3ccccc3C)=C(C)Nc3ncnn32)cc1OC. The first-order valence-corrected chi connectivity index (χ1v) is 10.0. The number of para-hydroxylation sites is 1. The van der Waals surface area contributed by atoms with Crippen LogP contribution in [-0.4, -0.2) is 42.0 Å². The smallest absolute Gasteiger partial charge is 0.255 e. The van der Waals surface area contributed by atoms with Crippen LogP contribution >= 0.6 is 0 Å². The molecule has 2 heterocycles. The molecule has 0 bridgehead atoms. The number of nitrogens with one attached hydrogen (secondary N) is 2. The minimum atomic E-state index is -0.604. The Morgan fingerprint density at radius 3 is 2.41 bits per heavy atom. The number of aromatic nitrogens is 3. The van der Waals surface area contributed by atoms with E-state index < -0.39 is 6.04 Å². The fourth-order valence-electron chi connectivity index (χ4n) is 3.84. The van der Waals surface area contributed by atoms with Gasteiger partial charge in [-0.1, -0.05) is 18.2 Å². The molecule has 0 radical (unpaired) electrons. The summed E-state index contributed by atoms with van der Waals surface area (Å²) in [5.41, 5.74) is 3.53. The number of rotatable bonds is 6. The second kappa shape index (κ2) is 8.62. The molecule has 166 valence electrons. The van der Waals surface area contributed by atoms with Gasteiger partial charge in [-0.15, -0.1) is 0 Å². The van der Waals surface area contributed by atoms with Crippen LogP contribution in [0.5, 0.6) is 17.2 Å². The van der Waals surface area contributed by atoms with E-state index in [2.05, 4.69) is 20.7 Å². The number of hydrogen-bond donors (Lipinski definition) is 2. The van der Waals surface area contributed by atoms with E-state index >= 15 is 0 Å². The van der Waals surface area contributed by atoms with E-state index in [0.717, 1.165) is 11.3 Å². The second-order valence-electron chi connectivity index (χ2n) is 7.31. The topological polar surface area (TPSA) is 99.5 Å². The number of benzene rings is 2. The lowest BCUT2D eigenvalue weighted by Crippen LogP contribution is -2.32. The number of hydrogen-bond acceptors (Lipinski definition) is 7. The van der Waals surface area contributed by atoms with Gasteiger partial charge in [-0.2, -0.15) is 10.1 Å². The molecule has 3 aromatic rings. The van der Waals surface area contributed by atoms with E-state index in [4.69, 9.17) is 14.2 Å². The van der Waals surface area contributed by atoms with E-state index in [0.29, 0.717) is 40.0 Å². The second-order valence-corrected chi connectivity index (χ2v) is 7.31. The summed E-state index contributed by atoms with van der Waals surface area (Å²) in [7, 11) is 4.68. The monoisotopic (exact) mass is 435 g/mol. The van der Waals surface area contributed by atoms with Crippen LogP contribution in [-0.2, 0) is 4.79 Å². The third-order valence-corrected chi connectivity index (χ3v) is 5.46. The van der Waals surface area contributed by atoms with E-state index in [1.54, 1.807) is 38.1 Å². The van der Waals surface area contributed by atoms with Gasteiger partial charge in [-0.3, -0.25) is 4.79 Å². The summed E-state index contributed by atoms with van der Waals surface area (Å²) in [6, 6.07) is 10.6. The highest BCUT2D eigenvalue weighted by Crippen LogP contribution is 2.43. The zero-order chi connectivity index (χ0) is 22.8. The quantitative estimate of drug-likeness (QED) is 0.611. The maximum Gasteiger partial charge on any atom is 0.255 e. The molecule has 1 atom stereocenters. The van der Waals surface area contributed by atoms with Crippen LogP contribution in [0.25, 0.3) is 0 Å². The van der Waals surface area contributed by atoms with Crippen molar-refractivity contribution in [2.45, 2.75) is 19.9 Å². The van der Waals surface area contributed by atoms with Crippen LogP contribution in [0.4, 0.5) is 11.6 Å². The first kappa shape index (κ1) is 21.2. The fraction of sp³-hybridized carbons (Fsp3) is 0.261. The summed E-state index contributed by atoms with van der Waals surface area (Å²) in [6.45, 7) is 3.78. The molecule has 0 aliphatic carbocycles. The van der Waals surface area contributed by atoms with Crippen molar-refractivity contribution in [3.8, 4) is 17.2 Å². The van der Waals surface area contributed by atoms with Crippen molar-refractivity contribution in [1.82, 2.24) is 14.8 Å². The molecular formula is C23H25N5O4.